The number of rotatable bonds is 7. The van der Waals surface area contributed by atoms with Crippen molar-refractivity contribution < 1.29 is 14.6 Å². The van der Waals surface area contributed by atoms with Crippen molar-refractivity contribution in [3.8, 4) is 0 Å². The topological polar surface area (TPSA) is 46.5 Å². The molecule has 0 radical (unpaired) electrons. The summed E-state index contributed by atoms with van der Waals surface area (Å²) in [5.41, 5.74) is 0.262. The van der Waals surface area contributed by atoms with Gasteiger partial charge >= 0.3 is 5.97 Å². The maximum absolute atomic E-state index is 11.0. The molecule has 0 spiro atoms. The second kappa shape index (κ2) is 7.15. The summed E-state index contributed by atoms with van der Waals surface area (Å²) in [6.45, 7) is 7.52. The van der Waals surface area contributed by atoms with Gasteiger partial charge in [0.25, 0.3) is 0 Å². The molecule has 1 aliphatic rings. The van der Waals surface area contributed by atoms with Crippen molar-refractivity contribution in [3.63, 3.8) is 0 Å². The number of carboxylic acid groups (broad SMARTS) is 1. The summed E-state index contributed by atoms with van der Waals surface area (Å²) in [4.78, 5) is 11.0. The minimum atomic E-state index is -0.918. The van der Waals surface area contributed by atoms with Crippen molar-refractivity contribution in [2.24, 2.45) is 11.8 Å². The highest BCUT2D eigenvalue weighted by molar-refractivity contribution is 5.86. The third-order valence-electron chi connectivity index (χ3n) is 3.53. The van der Waals surface area contributed by atoms with Crippen molar-refractivity contribution in [2.45, 2.75) is 38.5 Å². The highest BCUT2D eigenvalue weighted by Gasteiger charge is 2.24. The standard InChI is InChI=1S/C14H22O3/c1-3-17-10-13(11(2)14(15)16)9-12-7-5-4-6-8-12/h3,12-13H,1-2,4-10H2,(H,15,16). The lowest BCUT2D eigenvalue weighted by atomic mass is 9.81. The van der Waals surface area contributed by atoms with Crippen LogP contribution in [0.3, 0.4) is 0 Å². The number of carbonyl (C=O) groups is 1. The molecular formula is C14H22O3. The number of carboxylic acids is 1. The Kier molecular flexibility index (Phi) is 5.81. The van der Waals surface area contributed by atoms with E-state index in [2.05, 4.69) is 13.2 Å². The molecule has 1 atom stereocenters. The molecule has 0 aromatic carbocycles. The van der Waals surface area contributed by atoms with E-state index in [4.69, 9.17) is 9.84 Å². The molecule has 1 aliphatic carbocycles. The van der Waals surface area contributed by atoms with Gasteiger partial charge in [-0.3, -0.25) is 0 Å². The molecular weight excluding hydrogens is 216 g/mol. The summed E-state index contributed by atoms with van der Waals surface area (Å²) < 4.78 is 5.15. The summed E-state index contributed by atoms with van der Waals surface area (Å²) in [6, 6.07) is 0. The fourth-order valence-corrected chi connectivity index (χ4v) is 2.49. The van der Waals surface area contributed by atoms with Gasteiger partial charge in [0.05, 0.1) is 12.9 Å². The van der Waals surface area contributed by atoms with E-state index in [0.717, 1.165) is 6.42 Å². The van der Waals surface area contributed by atoms with E-state index in [-0.39, 0.29) is 11.5 Å². The summed E-state index contributed by atoms with van der Waals surface area (Å²) in [6.07, 6.45) is 8.49. The molecule has 0 amide bonds. The Balaban J connectivity index is 2.51. The molecule has 1 unspecified atom stereocenters. The molecule has 3 nitrogen and oxygen atoms in total. The number of ether oxygens (including phenoxy) is 1. The second-order valence-electron chi connectivity index (χ2n) is 4.77. The van der Waals surface area contributed by atoms with E-state index in [0.29, 0.717) is 12.5 Å². The number of aliphatic carboxylic acids is 1. The molecule has 0 saturated heterocycles. The van der Waals surface area contributed by atoms with Crippen LogP contribution in [0.5, 0.6) is 0 Å². The fourth-order valence-electron chi connectivity index (χ4n) is 2.49. The lowest BCUT2D eigenvalue weighted by Gasteiger charge is -2.26. The minimum Gasteiger partial charge on any atom is -0.501 e. The van der Waals surface area contributed by atoms with E-state index in [1.165, 1.54) is 38.4 Å². The zero-order chi connectivity index (χ0) is 12.7. The van der Waals surface area contributed by atoms with Gasteiger partial charge in [-0.05, 0) is 12.3 Å². The van der Waals surface area contributed by atoms with Crippen LogP contribution in [-0.2, 0) is 9.53 Å². The molecule has 0 aliphatic heterocycles. The van der Waals surface area contributed by atoms with Crippen LogP contribution in [0.15, 0.2) is 25.0 Å². The van der Waals surface area contributed by atoms with Gasteiger partial charge in [-0.2, -0.15) is 0 Å². The smallest absolute Gasteiger partial charge is 0.331 e. The average Bonchev–Trinajstić information content (AvgIpc) is 2.34. The molecule has 0 bridgehead atoms. The molecule has 0 heterocycles. The summed E-state index contributed by atoms with van der Waals surface area (Å²) in [5, 5.41) is 9.00. The van der Waals surface area contributed by atoms with Crippen LogP contribution in [0, 0.1) is 11.8 Å². The van der Waals surface area contributed by atoms with E-state index >= 15 is 0 Å². The van der Waals surface area contributed by atoms with Gasteiger partial charge in [-0.15, -0.1) is 0 Å². The summed E-state index contributed by atoms with van der Waals surface area (Å²) in [5.74, 6) is -0.384. The van der Waals surface area contributed by atoms with Crippen molar-refractivity contribution in [1.29, 1.82) is 0 Å². The van der Waals surface area contributed by atoms with E-state index < -0.39 is 5.97 Å². The summed E-state index contributed by atoms with van der Waals surface area (Å²) >= 11 is 0. The third kappa shape index (κ3) is 4.63. The Morgan fingerprint density at radius 1 is 1.41 bits per heavy atom. The van der Waals surface area contributed by atoms with Crippen molar-refractivity contribution in [3.05, 3.63) is 25.0 Å². The van der Waals surface area contributed by atoms with Crippen LogP contribution < -0.4 is 0 Å². The van der Waals surface area contributed by atoms with E-state index in [9.17, 15) is 4.79 Å². The minimum absolute atomic E-state index is 0.0893. The number of hydrogen-bond acceptors (Lipinski definition) is 2. The van der Waals surface area contributed by atoms with Gasteiger partial charge in [-0.1, -0.05) is 45.3 Å². The van der Waals surface area contributed by atoms with Crippen LogP contribution in [0.25, 0.3) is 0 Å². The predicted octanol–water partition coefficient (Wildman–Crippen LogP) is 3.37. The van der Waals surface area contributed by atoms with Gasteiger partial charge in [-0.25, -0.2) is 4.79 Å². The quantitative estimate of drug-likeness (QED) is 0.546. The first-order valence-electron chi connectivity index (χ1n) is 6.29. The molecule has 0 aromatic rings. The third-order valence-corrected chi connectivity index (χ3v) is 3.53. The van der Waals surface area contributed by atoms with Crippen molar-refractivity contribution in [1.82, 2.24) is 0 Å². The summed E-state index contributed by atoms with van der Waals surface area (Å²) in [7, 11) is 0. The SMILES string of the molecule is C=COCC(CC1CCCCC1)C(=C)C(=O)O. The molecule has 0 aromatic heterocycles. The average molecular weight is 238 g/mol. The first kappa shape index (κ1) is 13.8. The zero-order valence-electron chi connectivity index (χ0n) is 10.4. The van der Waals surface area contributed by atoms with Gasteiger partial charge in [0.15, 0.2) is 0 Å². The lowest BCUT2D eigenvalue weighted by Crippen LogP contribution is -2.21. The highest BCUT2D eigenvalue weighted by atomic mass is 16.5. The van der Waals surface area contributed by atoms with Gasteiger partial charge < -0.3 is 9.84 Å². The Morgan fingerprint density at radius 2 is 2.06 bits per heavy atom. The van der Waals surface area contributed by atoms with E-state index in [1.54, 1.807) is 0 Å². The molecule has 17 heavy (non-hydrogen) atoms. The van der Waals surface area contributed by atoms with Gasteiger partial charge in [0.2, 0.25) is 0 Å². The lowest BCUT2D eigenvalue weighted by molar-refractivity contribution is -0.133. The van der Waals surface area contributed by atoms with Crippen LogP contribution in [0.4, 0.5) is 0 Å². The van der Waals surface area contributed by atoms with Crippen molar-refractivity contribution >= 4 is 5.97 Å². The Hall–Kier alpha value is -1.25. The second-order valence-corrected chi connectivity index (χ2v) is 4.77. The largest absolute Gasteiger partial charge is 0.501 e. The van der Waals surface area contributed by atoms with Crippen LogP contribution in [0.2, 0.25) is 0 Å². The molecule has 1 N–H and O–H groups in total. The molecule has 96 valence electrons. The monoisotopic (exact) mass is 238 g/mol. The molecule has 1 fully saturated rings. The Labute approximate surface area is 103 Å². The van der Waals surface area contributed by atoms with E-state index in [1.807, 2.05) is 0 Å². The molecule has 1 saturated carbocycles. The van der Waals surface area contributed by atoms with Crippen LogP contribution in [-0.4, -0.2) is 17.7 Å². The highest BCUT2D eigenvalue weighted by Crippen LogP contribution is 2.31. The van der Waals surface area contributed by atoms with Crippen LogP contribution >= 0.6 is 0 Å². The first-order valence-corrected chi connectivity index (χ1v) is 6.29. The normalized spacial score (nSPS) is 18.4. The maximum atomic E-state index is 11.0. The predicted molar refractivity (Wildman–Crippen MR) is 67.6 cm³/mol. The maximum Gasteiger partial charge on any atom is 0.331 e. The number of hydrogen-bond donors (Lipinski definition) is 1. The van der Waals surface area contributed by atoms with Crippen molar-refractivity contribution in [2.75, 3.05) is 6.61 Å². The van der Waals surface area contributed by atoms with Gasteiger partial charge in [0.1, 0.15) is 0 Å². The Bertz CT molecular complexity index is 277. The van der Waals surface area contributed by atoms with Crippen LogP contribution in [0.1, 0.15) is 38.5 Å². The fraction of sp³-hybridized carbons (Fsp3) is 0.643. The molecule has 3 heteroatoms. The van der Waals surface area contributed by atoms with Gasteiger partial charge in [0, 0.05) is 11.5 Å². The first-order chi connectivity index (χ1) is 8.15. The Morgan fingerprint density at radius 3 is 2.59 bits per heavy atom. The molecule has 1 rings (SSSR count). The zero-order valence-corrected chi connectivity index (χ0v) is 10.4.